The maximum Gasteiger partial charge on any atom is 0.244 e. The van der Waals surface area contributed by atoms with Gasteiger partial charge in [0.05, 0.1) is 5.54 Å². The zero-order valence-corrected chi connectivity index (χ0v) is 13.6. The number of amides is 1. The highest BCUT2D eigenvalue weighted by Gasteiger charge is 2.50. The molecule has 1 amide bonds. The Hall–Kier alpha value is -1.61. The van der Waals surface area contributed by atoms with Crippen molar-refractivity contribution in [2.75, 3.05) is 6.54 Å². The van der Waals surface area contributed by atoms with Gasteiger partial charge in [0, 0.05) is 6.54 Å². The van der Waals surface area contributed by atoms with Gasteiger partial charge in [-0.3, -0.25) is 10.1 Å². The Labute approximate surface area is 133 Å². The second kappa shape index (κ2) is 6.25. The number of rotatable bonds is 3. The molecule has 1 saturated carbocycles. The molecule has 1 aliphatic heterocycles. The first-order valence-electron chi connectivity index (χ1n) is 8.48. The molecule has 3 heteroatoms. The predicted octanol–water partition coefficient (Wildman–Crippen LogP) is 3.57. The largest absolute Gasteiger partial charge is 0.322 e. The molecule has 1 aliphatic carbocycles. The highest BCUT2D eigenvalue weighted by molar-refractivity contribution is 5.89. The molecule has 118 valence electrons. The molecule has 1 spiro atoms. The average Bonchev–Trinajstić information content (AvgIpc) is 2.82. The van der Waals surface area contributed by atoms with Crippen LogP contribution in [0.3, 0.4) is 0 Å². The van der Waals surface area contributed by atoms with Gasteiger partial charge in [-0.15, -0.1) is 0 Å². The van der Waals surface area contributed by atoms with E-state index in [1.165, 1.54) is 17.6 Å². The lowest BCUT2D eigenvalue weighted by atomic mass is 9.81. The van der Waals surface area contributed by atoms with E-state index in [0.29, 0.717) is 5.91 Å². The van der Waals surface area contributed by atoms with Crippen molar-refractivity contribution in [2.24, 2.45) is 0 Å². The fraction of sp³-hybridized carbons (Fsp3) is 0.526. The van der Waals surface area contributed by atoms with Crippen molar-refractivity contribution in [1.29, 1.82) is 0 Å². The first-order chi connectivity index (χ1) is 10.7. The van der Waals surface area contributed by atoms with Crippen LogP contribution in [0.5, 0.6) is 0 Å². The summed E-state index contributed by atoms with van der Waals surface area (Å²) in [5.74, 6) is 0.306. The summed E-state index contributed by atoms with van der Waals surface area (Å²) in [6, 6.07) is 10.3. The van der Waals surface area contributed by atoms with E-state index in [2.05, 4.69) is 37.4 Å². The number of carbonyl (C=O) groups excluding carboxylic acids is 1. The van der Waals surface area contributed by atoms with Crippen molar-refractivity contribution in [3.63, 3.8) is 0 Å². The molecule has 1 saturated heterocycles. The van der Waals surface area contributed by atoms with Gasteiger partial charge in [-0.2, -0.15) is 0 Å². The fourth-order valence-corrected chi connectivity index (χ4v) is 3.88. The van der Waals surface area contributed by atoms with Gasteiger partial charge in [-0.05, 0) is 37.8 Å². The summed E-state index contributed by atoms with van der Waals surface area (Å²) < 4.78 is 0. The second-order valence-corrected chi connectivity index (χ2v) is 6.58. The third-order valence-electron chi connectivity index (χ3n) is 5.07. The lowest BCUT2D eigenvalue weighted by Crippen LogP contribution is -2.49. The first-order valence-corrected chi connectivity index (χ1v) is 8.48. The normalized spacial score (nSPS) is 25.0. The van der Waals surface area contributed by atoms with E-state index >= 15 is 0 Å². The SMILES string of the molecule is CCN1C(=O)C2(CCCCC2)NC1/C(C)=C/c1ccccc1. The molecule has 1 aromatic rings. The van der Waals surface area contributed by atoms with E-state index in [4.69, 9.17) is 0 Å². The lowest BCUT2D eigenvalue weighted by molar-refractivity contribution is -0.133. The second-order valence-electron chi connectivity index (χ2n) is 6.58. The Kier molecular flexibility index (Phi) is 4.34. The molecule has 2 aliphatic rings. The minimum atomic E-state index is -0.301. The average molecular weight is 298 g/mol. The number of hydrogen-bond donors (Lipinski definition) is 1. The third-order valence-corrected chi connectivity index (χ3v) is 5.07. The van der Waals surface area contributed by atoms with Crippen LogP contribution in [0.15, 0.2) is 35.9 Å². The van der Waals surface area contributed by atoms with E-state index in [0.717, 1.165) is 32.2 Å². The number of likely N-dealkylation sites (N-methyl/N-ethyl adjacent to an activating group) is 1. The fourth-order valence-electron chi connectivity index (χ4n) is 3.88. The van der Waals surface area contributed by atoms with Gasteiger partial charge in [0.2, 0.25) is 5.91 Å². The smallest absolute Gasteiger partial charge is 0.244 e. The maximum absolute atomic E-state index is 12.9. The molecule has 0 bridgehead atoms. The van der Waals surface area contributed by atoms with Gasteiger partial charge in [0.25, 0.3) is 0 Å². The van der Waals surface area contributed by atoms with Gasteiger partial charge in [-0.1, -0.05) is 55.7 Å². The molecular formula is C19H26N2O. The van der Waals surface area contributed by atoms with Crippen LogP contribution in [0.1, 0.15) is 51.5 Å². The molecular weight excluding hydrogens is 272 g/mol. The Balaban J connectivity index is 1.86. The summed E-state index contributed by atoms with van der Waals surface area (Å²) in [5.41, 5.74) is 2.10. The minimum Gasteiger partial charge on any atom is -0.322 e. The summed E-state index contributed by atoms with van der Waals surface area (Å²) in [4.78, 5) is 14.9. The van der Waals surface area contributed by atoms with Crippen molar-refractivity contribution in [3.05, 3.63) is 41.5 Å². The minimum absolute atomic E-state index is 0.0378. The standard InChI is InChI=1S/C19H26N2O/c1-3-21-17(15(2)14-16-10-6-4-7-11-16)20-19(18(21)22)12-8-5-9-13-19/h4,6-7,10-11,14,17,20H,3,5,8-9,12-13H2,1-2H3/b15-14+. The zero-order chi connectivity index (χ0) is 15.6. The van der Waals surface area contributed by atoms with E-state index < -0.39 is 0 Å². The molecule has 22 heavy (non-hydrogen) atoms. The monoisotopic (exact) mass is 298 g/mol. The van der Waals surface area contributed by atoms with Gasteiger partial charge < -0.3 is 4.90 Å². The molecule has 2 fully saturated rings. The van der Waals surface area contributed by atoms with E-state index in [1.807, 2.05) is 23.1 Å². The van der Waals surface area contributed by atoms with Crippen molar-refractivity contribution in [3.8, 4) is 0 Å². The van der Waals surface area contributed by atoms with Crippen LogP contribution in [0.25, 0.3) is 6.08 Å². The van der Waals surface area contributed by atoms with Crippen LogP contribution < -0.4 is 5.32 Å². The number of hydrogen-bond acceptors (Lipinski definition) is 2. The van der Waals surface area contributed by atoms with E-state index in [-0.39, 0.29) is 11.7 Å². The van der Waals surface area contributed by atoms with Gasteiger partial charge in [0.15, 0.2) is 0 Å². The molecule has 1 unspecified atom stereocenters. The lowest BCUT2D eigenvalue weighted by Gasteiger charge is -2.31. The summed E-state index contributed by atoms with van der Waals surface area (Å²) in [6.45, 7) is 4.96. The van der Waals surface area contributed by atoms with E-state index in [1.54, 1.807) is 0 Å². The third kappa shape index (κ3) is 2.70. The van der Waals surface area contributed by atoms with Gasteiger partial charge in [-0.25, -0.2) is 0 Å². The maximum atomic E-state index is 12.9. The van der Waals surface area contributed by atoms with Crippen LogP contribution in [0.2, 0.25) is 0 Å². The predicted molar refractivity (Wildman–Crippen MR) is 90.2 cm³/mol. The number of carbonyl (C=O) groups is 1. The molecule has 3 nitrogen and oxygen atoms in total. The van der Waals surface area contributed by atoms with Crippen molar-refractivity contribution in [2.45, 2.75) is 57.7 Å². The zero-order valence-electron chi connectivity index (χ0n) is 13.6. The van der Waals surface area contributed by atoms with Crippen LogP contribution >= 0.6 is 0 Å². The van der Waals surface area contributed by atoms with Crippen LogP contribution in [-0.4, -0.2) is 29.1 Å². The molecule has 1 atom stereocenters. The summed E-state index contributed by atoms with van der Waals surface area (Å²) in [7, 11) is 0. The van der Waals surface area contributed by atoms with Crippen molar-refractivity contribution >= 4 is 12.0 Å². The Morgan fingerprint density at radius 3 is 2.59 bits per heavy atom. The highest BCUT2D eigenvalue weighted by atomic mass is 16.2. The molecule has 0 radical (unpaired) electrons. The highest BCUT2D eigenvalue weighted by Crippen LogP contribution is 2.36. The van der Waals surface area contributed by atoms with E-state index in [9.17, 15) is 4.79 Å². The number of nitrogens with one attached hydrogen (secondary N) is 1. The van der Waals surface area contributed by atoms with Crippen LogP contribution in [0.4, 0.5) is 0 Å². The molecule has 1 aromatic carbocycles. The van der Waals surface area contributed by atoms with Crippen molar-refractivity contribution < 1.29 is 4.79 Å². The molecule has 0 aromatic heterocycles. The van der Waals surface area contributed by atoms with Gasteiger partial charge >= 0.3 is 0 Å². The quantitative estimate of drug-likeness (QED) is 0.925. The topological polar surface area (TPSA) is 32.3 Å². The van der Waals surface area contributed by atoms with Gasteiger partial charge in [0.1, 0.15) is 6.17 Å². The first kappa shape index (κ1) is 15.3. The summed E-state index contributed by atoms with van der Waals surface area (Å²) >= 11 is 0. The Morgan fingerprint density at radius 1 is 1.27 bits per heavy atom. The van der Waals surface area contributed by atoms with Crippen LogP contribution in [-0.2, 0) is 4.79 Å². The molecule has 3 rings (SSSR count). The summed E-state index contributed by atoms with van der Waals surface area (Å²) in [6.07, 6.45) is 7.77. The summed E-state index contributed by atoms with van der Waals surface area (Å²) in [5, 5.41) is 3.69. The van der Waals surface area contributed by atoms with Crippen molar-refractivity contribution in [1.82, 2.24) is 10.2 Å². The number of benzene rings is 1. The Bertz CT molecular complexity index is 558. The van der Waals surface area contributed by atoms with Crippen LogP contribution in [0, 0.1) is 0 Å². The molecule has 1 N–H and O–H groups in total. The molecule has 1 heterocycles. The number of nitrogens with zero attached hydrogens (tertiary/aromatic N) is 1. The Morgan fingerprint density at radius 2 is 1.95 bits per heavy atom.